The lowest BCUT2D eigenvalue weighted by Crippen LogP contribution is -2.58. The van der Waals surface area contributed by atoms with Crippen molar-refractivity contribution in [2.75, 3.05) is 26.2 Å². The molecule has 2 atom stereocenters. The van der Waals surface area contributed by atoms with Crippen LogP contribution in [0, 0.1) is 0 Å². The number of aromatic nitrogens is 1. The predicted molar refractivity (Wildman–Crippen MR) is 156 cm³/mol. The molecule has 1 aromatic heterocycles. The Morgan fingerprint density at radius 1 is 0.974 bits per heavy atom. The van der Waals surface area contributed by atoms with Crippen LogP contribution >= 0.6 is 0 Å². The summed E-state index contributed by atoms with van der Waals surface area (Å²) in [5.41, 5.74) is 11.1. The molecule has 0 aliphatic carbocycles. The van der Waals surface area contributed by atoms with E-state index in [0.29, 0.717) is 6.04 Å². The number of imide groups is 1. The fraction of sp³-hybridized carbons (Fsp3) is 0.500. The van der Waals surface area contributed by atoms with Crippen LogP contribution in [0.5, 0.6) is 0 Å². The van der Waals surface area contributed by atoms with Gasteiger partial charge in [-0.2, -0.15) is 0 Å². The molecule has 2 saturated heterocycles. The molecule has 2 amide bonds. The Morgan fingerprint density at radius 3 is 2.33 bits per heavy atom. The number of nitrogens with zero attached hydrogens (tertiary/aromatic N) is 3. The van der Waals surface area contributed by atoms with Crippen LogP contribution in [0.25, 0.3) is 10.9 Å². The second-order valence-corrected chi connectivity index (χ2v) is 11.2. The van der Waals surface area contributed by atoms with E-state index in [-0.39, 0.29) is 18.4 Å². The van der Waals surface area contributed by atoms with Crippen LogP contribution in [0.3, 0.4) is 0 Å². The van der Waals surface area contributed by atoms with E-state index in [1.165, 1.54) is 44.2 Å². The van der Waals surface area contributed by atoms with Gasteiger partial charge in [0.15, 0.2) is 0 Å². The van der Waals surface area contributed by atoms with Gasteiger partial charge in [-0.05, 0) is 68.0 Å². The number of fused-ring (bicyclic) bond motifs is 1. The van der Waals surface area contributed by atoms with Crippen molar-refractivity contribution >= 4 is 22.7 Å². The minimum atomic E-state index is -0.621. The number of carbonyl (C=O) groups excluding carboxylic acids is 2. The molecule has 7 nitrogen and oxygen atoms in total. The lowest BCUT2D eigenvalue weighted by Gasteiger charge is -2.44. The number of hydrogen-bond donors (Lipinski definition) is 2. The highest BCUT2D eigenvalue weighted by Crippen LogP contribution is 2.31. The fourth-order valence-corrected chi connectivity index (χ4v) is 6.62. The average molecular weight is 530 g/mol. The number of hydrogen-bond acceptors (Lipinski definition) is 5. The Hall–Kier alpha value is -3.00. The van der Waals surface area contributed by atoms with E-state index in [4.69, 9.17) is 5.73 Å². The third-order valence-corrected chi connectivity index (χ3v) is 8.85. The van der Waals surface area contributed by atoms with Crippen molar-refractivity contribution in [3.63, 3.8) is 0 Å². The third kappa shape index (κ3) is 5.96. The second-order valence-electron chi connectivity index (χ2n) is 11.2. The maximum Gasteiger partial charge on any atom is 0.248 e. The molecule has 2 fully saturated rings. The predicted octanol–water partition coefficient (Wildman–Crippen LogP) is 4.62. The Balaban J connectivity index is 1.44. The van der Waals surface area contributed by atoms with E-state index in [0.717, 1.165) is 59.9 Å². The topological polar surface area (TPSA) is 85.7 Å². The van der Waals surface area contributed by atoms with Crippen molar-refractivity contribution in [1.82, 2.24) is 19.7 Å². The molecule has 2 unspecified atom stereocenters. The lowest BCUT2D eigenvalue weighted by molar-refractivity contribution is -0.149. The first kappa shape index (κ1) is 27.6. The van der Waals surface area contributed by atoms with Crippen LogP contribution in [0.4, 0.5) is 0 Å². The highest BCUT2D eigenvalue weighted by atomic mass is 16.2. The first-order chi connectivity index (χ1) is 19.0. The standard InChI is InChI=1S/C32H43N5O2/c1-3-24-11-5-6-12-25(24)22-37(23(2)38)32(39)31(30(33)28-21-34-29-14-8-7-13-27(28)29)36-19-15-26(16-20-36)35-17-9-4-10-18-35/h5-8,11-14,21,26,30-31,34H,3-4,9-10,15-20,22,33H2,1-2H3. The summed E-state index contributed by atoms with van der Waals surface area (Å²) < 4.78 is 0. The quantitative estimate of drug-likeness (QED) is 0.445. The molecular formula is C32H43N5O2. The fourth-order valence-electron chi connectivity index (χ4n) is 6.62. The van der Waals surface area contributed by atoms with Gasteiger partial charge in [0.2, 0.25) is 11.8 Å². The number of rotatable bonds is 8. The van der Waals surface area contributed by atoms with E-state index >= 15 is 0 Å². The molecule has 3 heterocycles. The Labute approximate surface area is 232 Å². The summed E-state index contributed by atoms with van der Waals surface area (Å²) >= 11 is 0. The minimum absolute atomic E-state index is 0.206. The van der Waals surface area contributed by atoms with Gasteiger partial charge in [-0.15, -0.1) is 0 Å². The molecule has 0 saturated carbocycles. The molecule has 39 heavy (non-hydrogen) atoms. The molecule has 3 N–H and O–H groups in total. The minimum Gasteiger partial charge on any atom is -0.361 e. The van der Waals surface area contributed by atoms with Gasteiger partial charge in [0.05, 0.1) is 12.6 Å². The third-order valence-electron chi connectivity index (χ3n) is 8.85. The molecule has 5 rings (SSSR count). The van der Waals surface area contributed by atoms with Crippen molar-refractivity contribution in [3.05, 3.63) is 71.4 Å². The smallest absolute Gasteiger partial charge is 0.248 e. The number of benzene rings is 2. The number of likely N-dealkylation sites (tertiary alicyclic amines) is 2. The van der Waals surface area contributed by atoms with Gasteiger partial charge in [-0.1, -0.05) is 55.8 Å². The van der Waals surface area contributed by atoms with Gasteiger partial charge in [0.1, 0.15) is 6.04 Å². The normalized spacial score (nSPS) is 19.2. The first-order valence-electron chi connectivity index (χ1n) is 14.7. The Bertz CT molecular complexity index is 1270. The van der Waals surface area contributed by atoms with Crippen LogP contribution < -0.4 is 5.73 Å². The molecule has 0 radical (unpaired) electrons. The van der Waals surface area contributed by atoms with Gasteiger partial charge >= 0.3 is 0 Å². The molecule has 3 aromatic rings. The number of H-pyrrole nitrogens is 1. The summed E-state index contributed by atoms with van der Waals surface area (Å²) in [5, 5.41) is 1.02. The Kier molecular flexibility index (Phi) is 8.80. The molecule has 2 aliphatic heterocycles. The van der Waals surface area contributed by atoms with Crippen LogP contribution in [-0.4, -0.2) is 69.8 Å². The molecule has 7 heteroatoms. The van der Waals surface area contributed by atoms with Crippen molar-refractivity contribution in [2.24, 2.45) is 5.73 Å². The van der Waals surface area contributed by atoms with Crippen LogP contribution in [0.2, 0.25) is 0 Å². The molecule has 0 spiro atoms. The van der Waals surface area contributed by atoms with Gasteiger partial charge in [-0.3, -0.25) is 19.4 Å². The van der Waals surface area contributed by atoms with Crippen LogP contribution in [0.15, 0.2) is 54.7 Å². The number of para-hydroxylation sites is 1. The number of nitrogens with one attached hydrogen (secondary N) is 1. The van der Waals surface area contributed by atoms with E-state index in [9.17, 15) is 9.59 Å². The zero-order valence-corrected chi connectivity index (χ0v) is 23.4. The first-order valence-corrected chi connectivity index (χ1v) is 14.7. The van der Waals surface area contributed by atoms with E-state index in [2.05, 4.69) is 27.8 Å². The molecular weight excluding hydrogens is 486 g/mol. The highest BCUT2D eigenvalue weighted by molar-refractivity contribution is 5.98. The van der Waals surface area contributed by atoms with Crippen molar-refractivity contribution < 1.29 is 9.59 Å². The zero-order valence-electron chi connectivity index (χ0n) is 23.4. The van der Waals surface area contributed by atoms with Gasteiger partial charge in [-0.25, -0.2) is 0 Å². The van der Waals surface area contributed by atoms with E-state index in [1.807, 2.05) is 48.7 Å². The maximum absolute atomic E-state index is 14.4. The van der Waals surface area contributed by atoms with E-state index < -0.39 is 12.1 Å². The number of piperidine rings is 2. The summed E-state index contributed by atoms with van der Waals surface area (Å²) in [5.74, 6) is -0.451. The van der Waals surface area contributed by atoms with E-state index in [1.54, 1.807) is 0 Å². The van der Waals surface area contributed by atoms with Crippen LogP contribution in [0.1, 0.15) is 68.7 Å². The van der Waals surface area contributed by atoms with Gasteiger partial charge < -0.3 is 15.6 Å². The van der Waals surface area contributed by atoms with Crippen molar-refractivity contribution in [2.45, 2.75) is 77.0 Å². The summed E-state index contributed by atoms with van der Waals surface area (Å²) in [6.07, 6.45) is 8.69. The second kappa shape index (κ2) is 12.5. The summed E-state index contributed by atoms with van der Waals surface area (Å²) in [6, 6.07) is 15.5. The molecule has 2 aliphatic rings. The van der Waals surface area contributed by atoms with Gasteiger partial charge in [0, 0.05) is 43.2 Å². The number of nitrogens with two attached hydrogens (primary N) is 1. The summed E-state index contributed by atoms with van der Waals surface area (Å²) in [7, 11) is 0. The highest BCUT2D eigenvalue weighted by Gasteiger charge is 2.40. The van der Waals surface area contributed by atoms with Crippen molar-refractivity contribution in [1.29, 1.82) is 0 Å². The maximum atomic E-state index is 14.4. The van der Waals surface area contributed by atoms with Gasteiger partial charge in [0.25, 0.3) is 0 Å². The number of aromatic amines is 1. The molecule has 0 bridgehead atoms. The average Bonchev–Trinajstić information content (AvgIpc) is 3.41. The van der Waals surface area contributed by atoms with Crippen molar-refractivity contribution in [3.8, 4) is 0 Å². The molecule has 208 valence electrons. The number of aryl methyl sites for hydroxylation is 1. The summed E-state index contributed by atoms with van der Waals surface area (Å²) in [6.45, 7) is 7.80. The lowest BCUT2D eigenvalue weighted by atomic mass is 9.93. The zero-order chi connectivity index (χ0) is 27.4. The monoisotopic (exact) mass is 529 g/mol. The number of carbonyl (C=O) groups is 2. The number of amides is 2. The Morgan fingerprint density at radius 2 is 1.64 bits per heavy atom. The summed E-state index contributed by atoms with van der Waals surface area (Å²) in [4.78, 5) is 37.0. The molecule has 2 aromatic carbocycles. The van der Waals surface area contributed by atoms with Crippen LogP contribution in [-0.2, 0) is 22.6 Å². The SMILES string of the molecule is CCc1ccccc1CN(C(C)=O)C(=O)C(C(N)c1c[nH]c2ccccc12)N1CCC(N2CCCCC2)CC1. The largest absolute Gasteiger partial charge is 0.361 e.